The highest BCUT2D eigenvalue weighted by molar-refractivity contribution is 5.82. The van der Waals surface area contributed by atoms with Gasteiger partial charge in [-0.25, -0.2) is 9.78 Å². The van der Waals surface area contributed by atoms with Crippen molar-refractivity contribution in [1.82, 2.24) is 23.7 Å². The van der Waals surface area contributed by atoms with E-state index < -0.39 is 5.41 Å². The van der Waals surface area contributed by atoms with Crippen molar-refractivity contribution in [2.24, 2.45) is 14.1 Å². The van der Waals surface area contributed by atoms with Crippen molar-refractivity contribution in [3.05, 3.63) is 89.4 Å². The minimum atomic E-state index is -0.604. The topological polar surface area (TPSA) is 81.4 Å². The maximum atomic E-state index is 13.0. The van der Waals surface area contributed by atoms with Crippen LogP contribution in [-0.4, -0.2) is 23.7 Å². The summed E-state index contributed by atoms with van der Waals surface area (Å²) in [6.45, 7) is 3.75. The Balaban J connectivity index is 1.60. The molecule has 5 aromatic rings. The van der Waals surface area contributed by atoms with Gasteiger partial charge in [-0.05, 0) is 61.4 Å². The van der Waals surface area contributed by atoms with Crippen LogP contribution in [0, 0.1) is 11.3 Å². The van der Waals surface area contributed by atoms with E-state index in [1.54, 1.807) is 28.6 Å². The predicted molar refractivity (Wildman–Crippen MR) is 133 cm³/mol. The molecule has 4 heterocycles. The number of aromatic nitrogens is 5. The third kappa shape index (κ3) is 3.50. The first-order chi connectivity index (χ1) is 16.3. The van der Waals surface area contributed by atoms with Gasteiger partial charge in [-0.2, -0.15) is 5.26 Å². The van der Waals surface area contributed by atoms with Gasteiger partial charge < -0.3 is 9.13 Å². The molecule has 0 bridgehead atoms. The van der Waals surface area contributed by atoms with Gasteiger partial charge in [0.25, 0.3) is 0 Å². The van der Waals surface area contributed by atoms with Crippen LogP contribution in [0.25, 0.3) is 39.2 Å². The molecule has 0 saturated heterocycles. The first-order valence-corrected chi connectivity index (χ1v) is 11.0. The van der Waals surface area contributed by atoms with E-state index in [-0.39, 0.29) is 5.69 Å². The van der Waals surface area contributed by atoms with E-state index in [1.165, 1.54) is 0 Å². The zero-order valence-corrected chi connectivity index (χ0v) is 19.5. The molecule has 0 saturated carbocycles. The second-order valence-corrected chi connectivity index (χ2v) is 9.02. The molecule has 0 fully saturated rings. The zero-order valence-electron chi connectivity index (χ0n) is 19.5. The van der Waals surface area contributed by atoms with Crippen molar-refractivity contribution in [3.8, 4) is 34.3 Å². The van der Waals surface area contributed by atoms with Gasteiger partial charge in [0, 0.05) is 49.8 Å². The van der Waals surface area contributed by atoms with Gasteiger partial charge in [-0.3, -0.25) is 9.55 Å². The molecular formula is C27H24N6O. The van der Waals surface area contributed by atoms with E-state index in [0.29, 0.717) is 11.4 Å². The Hall–Kier alpha value is -4.44. The molecule has 7 heteroatoms. The van der Waals surface area contributed by atoms with Crippen molar-refractivity contribution in [3.63, 3.8) is 0 Å². The number of aryl methyl sites for hydroxylation is 2. The highest BCUT2D eigenvalue weighted by Gasteiger charge is 2.20. The van der Waals surface area contributed by atoms with E-state index in [4.69, 9.17) is 0 Å². The van der Waals surface area contributed by atoms with Crippen molar-refractivity contribution in [2.75, 3.05) is 0 Å². The van der Waals surface area contributed by atoms with Crippen molar-refractivity contribution < 1.29 is 0 Å². The van der Waals surface area contributed by atoms with Gasteiger partial charge >= 0.3 is 5.69 Å². The Kier molecular flexibility index (Phi) is 4.94. The molecule has 5 rings (SSSR count). The number of rotatable bonds is 4. The summed E-state index contributed by atoms with van der Waals surface area (Å²) in [6, 6.07) is 17.9. The minimum Gasteiger partial charge on any atom is -0.336 e. The molecule has 7 nitrogen and oxygen atoms in total. The van der Waals surface area contributed by atoms with Crippen molar-refractivity contribution in [2.45, 2.75) is 19.3 Å². The first-order valence-electron chi connectivity index (χ1n) is 11.0. The van der Waals surface area contributed by atoms with Crippen LogP contribution < -0.4 is 5.69 Å². The second-order valence-electron chi connectivity index (χ2n) is 9.02. The molecule has 4 aromatic heterocycles. The highest BCUT2D eigenvalue weighted by atomic mass is 16.1. The van der Waals surface area contributed by atoms with E-state index >= 15 is 0 Å². The van der Waals surface area contributed by atoms with Crippen LogP contribution in [0.1, 0.15) is 19.4 Å². The summed E-state index contributed by atoms with van der Waals surface area (Å²) in [6.07, 6.45) is 7.39. The Morgan fingerprint density at radius 3 is 2.44 bits per heavy atom. The van der Waals surface area contributed by atoms with Crippen LogP contribution in [-0.2, 0) is 19.5 Å². The molecule has 0 aliphatic carbocycles. The number of pyridine rings is 2. The van der Waals surface area contributed by atoms with Crippen LogP contribution >= 0.6 is 0 Å². The predicted octanol–water partition coefficient (Wildman–Crippen LogP) is 4.59. The highest BCUT2D eigenvalue weighted by Crippen LogP contribution is 2.28. The number of fused-ring (bicyclic) bond motifs is 1. The molecular weight excluding hydrogens is 424 g/mol. The lowest BCUT2D eigenvalue weighted by molar-refractivity contribution is 0.686. The first kappa shape index (κ1) is 21.4. The number of imidazole rings is 1. The lowest BCUT2D eigenvalue weighted by Gasteiger charge is -2.16. The maximum absolute atomic E-state index is 13.0. The normalized spacial score (nSPS) is 11.6. The van der Waals surface area contributed by atoms with E-state index in [1.807, 2.05) is 80.3 Å². The average molecular weight is 449 g/mol. The molecule has 0 N–H and O–H groups in total. The summed E-state index contributed by atoms with van der Waals surface area (Å²) in [5.41, 5.74) is 5.10. The van der Waals surface area contributed by atoms with Crippen LogP contribution in [0.3, 0.4) is 0 Å². The summed E-state index contributed by atoms with van der Waals surface area (Å²) in [5, 5.41) is 10.5. The van der Waals surface area contributed by atoms with Crippen LogP contribution in [0.2, 0.25) is 0 Å². The third-order valence-electron chi connectivity index (χ3n) is 6.24. The smallest absolute Gasteiger partial charge is 0.333 e. The van der Waals surface area contributed by atoms with Gasteiger partial charge in [0.2, 0.25) is 0 Å². The Labute approximate surface area is 197 Å². The summed E-state index contributed by atoms with van der Waals surface area (Å²) in [7, 11) is 3.70. The van der Waals surface area contributed by atoms with E-state index in [2.05, 4.69) is 22.1 Å². The Morgan fingerprint density at radius 1 is 0.941 bits per heavy atom. The number of hydrogen-bond donors (Lipinski definition) is 0. The maximum Gasteiger partial charge on any atom is 0.333 e. The molecule has 0 amide bonds. The largest absolute Gasteiger partial charge is 0.336 e. The summed E-state index contributed by atoms with van der Waals surface area (Å²) < 4.78 is 5.19. The fourth-order valence-corrected chi connectivity index (χ4v) is 4.14. The number of benzene rings is 1. The lowest BCUT2D eigenvalue weighted by atomic mass is 9.86. The molecule has 168 valence electrons. The van der Waals surface area contributed by atoms with Gasteiger partial charge in [-0.15, -0.1) is 0 Å². The second kappa shape index (κ2) is 7.85. The Morgan fingerprint density at radius 2 is 1.71 bits per heavy atom. The average Bonchev–Trinajstić information content (AvgIpc) is 3.38. The minimum absolute atomic E-state index is 0.165. The zero-order chi connectivity index (χ0) is 24.0. The molecule has 0 spiro atoms. The summed E-state index contributed by atoms with van der Waals surface area (Å²) >= 11 is 0. The lowest BCUT2D eigenvalue weighted by Crippen LogP contribution is -2.21. The summed E-state index contributed by atoms with van der Waals surface area (Å²) in [5.74, 6) is 0. The molecule has 0 atom stereocenters. The molecule has 0 radical (unpaired) electrons. The van der Waals surface area contributed by atoms with E-state index in [0.717, 1.165) is 33.4 Å². The molecule has 34 heavy (non-hydrogen) atoms. The molecule has 0 unspecified atom stereocenters. The third-order valence-corrected chi connectivity index (χ3v) is 6.24. The van der Waals surface area contributed by atoms with Crippen LogP contribution in [0.5, 0.6) is 0 Å². The quantitative estimate of drug-likeness (QED) is 0.403. The van der Waals surface area contributed by atoms with Crippen LogP contribution in [0.15, 0.2) is 78.1 Å². The summed E-state index contributed by atoms with van der Waals surface area (Å²) in [4.78, 5) is 22.2. The number of nitrogens with zero attached hydrogens (tertiary/aromatic N) is 6. The van der Waals surface area contributed by atoms with Gasteiger partial charge in [0.1, 0.15) is 5.65 Å². The molecule has 0 aliphatic heterocycles. The Bertz CT molecular complexity index is 1630. The van der Waals surface area contributed by atoms with Crippen molar-refractivity contribution >= 4 is 11.0 Å². The fourth-order valence-electron chi connectivity index (χ4n) is 4.14. The van der Waals surface area contributed by atoms with E-state index in [9.17, 15) is 10.1 Å². The van der Waals surface area contributed by atoms with Crippen LogP contribution in [0.4, 0.5) is 0 Å². The number of hydrogen-bond acceptors (Lipinski definition) is 4. The molecule has 1 aromatic carbocycles. The number of nitriles is 1. The van der Waals surface area contributed by atoms with Gasteiger partial charge in [0.15, 0.2) is 0 Å². The monoisotopic (exact) mass is 448 g/mol. The molecule has 0 aliphatic rings. The van der Waals surface area contributed by atoms with Gasteiger partial charge in [0.05, 0.1) is 28.6 Å². The van der Waals surface area contributed by atoms with Crippen molar-refractivity contribution in [1.29, 1.82) is 5.26 Å². The SMILES string of the molecule is Cn1cc(-c2cc(-c3cnc4c(ccn4C)c3)ccn2)n(-c2ccc(C(C)(C)C#N)cc2)c1=O. The fraction of sp³-hybridized carbons (Fsp3) is 0.185. The standard InChI is InChI=1S/C27H24N6O/c1-27(2,17-28)21-5-7-22(8-6-21)33-24(16-32(4)26(33)34)23-14-18(9-11-29-23)20-13-19-10-12-31(3)25(19)30-15-20/h5-16H,1-4H3. The van der Waals surface area contributed by atoms with Gasteiger partial charge in [-0.1, -0.05) is 12.1 Å².